The molecule has 4 heteroatoms. The first-order chi connectivity index (χ1) is 8.24. The molecule has 17 heavy (non-hydrogen) atoms. The Bertz CT molecular complexity index is 511. The van der Waals surface area contributed by atoms with Gasteiger partial charge in [-0.1, -0.05) is 12.1 Å². The predicted octanol–water partition coefficient (Wildman–Crippen LogP) is 2.36. The predicted molar refractivity (Wildman–Crippen MR) is 64.1 cm³/mol. The number of pyridine rings is 1. The highest BCUT2D eigenvalue weighted by molar-refractivity contribution is 5.63. The minimum atomic E-state index is -0.292. The van der Waals surface area contributed by atoms with Gasteiger partial charge in [0.15, 0.2) is 0 Å². The maximum Gasteiger partial charge on any atom is 0.212 e. The summed E-state index contributed by atoms with van der Waals surface area (Å²) >= 11 is 0. The zero-order chi connectivity index (χ0) is 12.3. The average Bonchev–Trinajstić information content (AvgIpc) is 2.39. The van der Waals surface area contributed by atoms with Crippen LogP contribution in [0.25, 0.3) is 11.1 Å². The van der Waals surface area contributed by atoms with Gasteiger partial charge in [0.25, 0.3) is 0 Å². The Labute approximate surface area is 99.1 Å². The zero-order valence-electron chi connectivity index (χ0n) is 9.48. The normalized spacial score (nSPS) is 10.3. The number of hydrogen-bond acceptors (Lipinski definition) is 3. The summed E-state index contributed by atoms with van der Waals surface area (Å²) in [5.41, 5.74) is 7.45. The number of halogens is 1. The van der Waals surface area contributed by atoms with E-state index in [9.17, 15) is 4.39 Å². The van der Waals surface area contributed by atoms with E-state index >= 15 is 0 Å². The fourth-order valence-corrected chi connectivity index (χ4v) is 1.58. The van der Waals surface area contributed by atoms with Gasteiger partial charge in [-0.15, -0.1) is 0 Å². The summed E-state index contributed by atoms with van der Waals surface area (Å²) in [6, 6.07) is 8.43. The van der Waals surface area contributed by atoms with Crippen molar-refractivity contribution < 1.29 is 9.13 Å². The van der Waals surface area contributed by atoms with E-state index in [2.05, 4.69) is 4.98 Å². The van der Waals surface area contributed by atoms with Crippen LogP contribution >= 0.6 is 0 Å². The first-order valence-corrected chi connectivity index (χ1v) is 5.23. The quantitative estimate of drug-likeness (QED) is 0.883. The number of rotatable bonds is 3. The van der Waals surface area contributed by atoms with Gasteiger partial charge < -0.3 is 10.5 Å². The van der Waals surface area contributed by atoms with E-state index in [1.165, 1.54) is 6.07 Å². The molecule has 0 atom stereocenters. The van der Waals surface area contributed by atoms with Crippen molar-refractivity contribution in [2.75, 3.05) is 7.11 Å². The highest BCUT2D eigenvalue weighted by Gasteiger charge is 2.06. The Balaban J connectivity index is 2.38. The minimum Gasteiger partial charge on any atom is -0.481 e. The topological polar surface area (TPSA) is 48.1 Å². The van der Waals surface area contributed by atoms with Crippen LogP contribution in [0.4, 0.5) is 4.39 Å². The number of aromatic nitrogens is 1. The van der Waals surface area contributed by atoms with E-state index in [4.69, 9.17) is 10.5 Å². The van der Waals surface area contributed by atoms with Crippen molar-refractivity contribution in [3.05, 3.63) is 47.9 Å². The third kappa shape index (κ3) is 2.42. The lowest BCUT2D eigenvalue weighted by molar-refractivity contribution is 0.398. The molecular weight excluding hydrogens is 219 g/mol. The van der Waals surface area contributed by atoms with Gasteiger partial charge in [-0.25, -0.2) is 9.37 Å². The number of nitrogens with zero attached hydrogens (tertiary/aromatic N) is 1. The van der Waals surface area contributed by atoms with Crippen LogP contribution in [-0.4, -0.2) is 12.1 Å². The van der Waals surface area contributed by atoms with Crippen molar-refractivity contribution in [1.82, 2.24) is 4.98 Å². The summed E-state index contributed by atoms with van der Waals surface area (Å²) in [4.78, 5) is 4.04. The van der Waals surface area contributed by atoms with E-state index in [0.29, 0.717) is 23.6 Å². The van der Waals surface area contributed by atoms with E-state index in [1.807, 2.05) is 6.07 Å². The minimum absolute atomic E-state index is 0.292. The number of benzene rings is 1. The first-order valence-electron chi connectivity index (χ1n) is 5.23. The molecule has 2 N–H and O–H groups in total. The van der Waals surface area contributed by atoms with Crippen molar-refractivity contribution in [3.8, 4) is 17.0 Å². The van der Waals surface area contributed by atoms with Gasteiger partial charge in [-0.3, -0.25) is 0 Å². The molecule has 0 radical (unpaired) electrons. The summed E-state index contributed by atoms with van der Waals surface area (Å²) in [7, 11) is 1.54. The average molecular weight is 232 g/mol. The number of hydrogen-bond donors (Lipinski definition) is 1. The molecule has 0 saturated heterocycles. The summed E-state index contributed by atoms with van der Waals surface area (Å²) < 4.78 is 18.7. The standard InChI is InChI=1S/C13H13FN2O/c1-17-13-5-3-10(8-16-13)11-4-2-9(7-15)6-12(11)14/h2-6,8H,7,15H2,1H3. The summed E-state index contributed by atoms with van der Waals surface area (Å²) in [5, 5.41) is 0. The molecular formula is C13H13FN2O. The van der Waals surface area contributed by atoms with Crippen LogP contribution in [0.15, 0.2) is 36.5 Å². The van der Waals surface area contributed by atoms with Crippen molar-refractivity contribution in [3.63, 3.8) is 0 Å². The van der Waals surface area contributed by atoms with Gasteiger partial charge in [-0.05, 0) is 17.7 Å². The molecule has 1 aromatic carbocycles. The van der Waals surface area contributed by atoms with Gasteiger partial charge in [0.1, 0.15) is 5.82 Å². The third-order valence-electron chi connectivity index (χ3n) is 2.53. The van der Waals surface area contributed by atoms with Gasteiger partial charge in [0.2, 0.25) is 5.88 Å². The molecule has 0 aliphatic carbocycles. The smallest absolute Gasteiger partial charge is 0.212 e. The molecule has 0 saturated carbocycles. The third-order valence-corrected chi connectivity index (χ3v) is 2.53. The molecule has 0 amide bonds. The largest absolute Gasteiger partial charge is 0.481 e. The molecule has 2 rings (SSSR count). The number of ether oxygens (including phenoxy) is 1. The van der Waals surface area contributed by atoms with Crippen LogP contribution in [0.5, 0.6) is 5.88 Å². The summed E-state index contributed by atoms with van der Waals surface area (Å²) in [5.74, 6) is 0.215. The Kier molecular flexibility index (Phi) is 3.35. The fourth-order valence-electron chi connectivity index (χ4n) is 1.58. The Morgan fingerprint density at radius 2 is 2.12 bits per heavy atom. The second kappa shape index (κ2) is 4.93. The monoisotopic (exact) mass is 232 g/mol. The lowest BCUT2D eigenvalue weighted by Gasteiger charge is -2.05. The van der Waals surface area contributed by atoms with Crippen molar-refractivity contribution >= 4 is 0 Å². The van der Waals surface area contributed by atoms with Gasteiger partial charge in [0, 0.05) is 29.9 Å². The fraction of sp³-hybridized carbons (Fsp3) is 0.154. The highest BCUT2D eigenvalue weighted by Crippen LogP contribution is 2.24. The Morgan fingerprint density at radius 3 is 2.65 bits per heavy atom. The van der Waals surface area contributed by atoms with Crippen LogP contribution in [0.1, 0.15) is 5.56 Å². The number of nitrogens with two attached hydrogens (primary N) is 1. The number of methoxy groups -OCH3 is 1. The van der Waals surface area contributed by atoms with Crippen LogP contribution < -0.4 is 10.5 Å². The SMILES string of the molecule is COc1ccc(-c2ccc(CN)cc2F)cn1. The van der Waals surface area contributed by atoms with E-state index in [0.717, 1.165) is 5.56 Å². The molecule has 1 heterocycles. The van der Waals surface area contributed by atoms with Crippen molar-refractivity contribution in [2.45, 2.75) is 6.54 Å². The zero-order valence-corrected chi connectivity index (χ0v) is 9.48. The van der Waals surface area contributed by atoms with Gasteiger partial charge in [0.05, 0.1) is 7.11 Å². The maximum absolute atomic E-state index is 13.8. The molecule has 0 bridgehead atoms. The molecule has 0 unspecified atom stereocenters. The molecule has 88 valence electrons. The molecule has 0 fully saturated rings. The van der Waals surface area contributed by atoms with Crippen LogP contribution in [-0.2, 0) is 6.54 Å². The lowest BCUT2D eigenvalue weighted by Crippen LogP contribution is -1.97. The first kappa shape index (κ1) is 11.5. The van der Waals surface area contributed by atoms with Crippen molar-refractivity contribution in [1.29, 1.82) is 0 Å². The molecule has 2 aromatic rings. The maximum atomic E-state index is 13.8. The molecule has 0 aliphatic heterocycles. The lowest BCUT2D eigenvalue weighted by atomic mass is 10.0. The molecule has 0 aliphatic rings. The Hall–Kier alpha value is -1.94. The van der Waals surface area contributed by atoms with E-state index in [1.54, 1.807) is 31.5 Å². The van der Waals surface area contributed by atoms with E-state index < -0.39 is 0 Å². The van der Waals surface area contributed by atoms with Crippen LogP contribution in [0.2, 0.25) is 0 Å². The van der Waals surface area contributed by atoms with Crippen LogP contribution in [0, 0.1) is 5.82 Å². The second-order valence-electron chi connectivity index (χ2n) is 3.61. The van der Waals surface area contributed by atoms with Gasteiger partial charge in [-0.2, -0.15) is 0 Å². The molecule has 0 spiro atoms. The Morgan fingerprint density at radius 1 is 1.29 bits per heavy atom. The van der Waals surface area contributed by atoms with Crippen molar-refractivity contribution in [2.24, 2.45) is 5.73 Å². The van der Waals surface area contributed by atoms with E-state index in [-0.39, 0.29) is 5.82 Å². The second-order valence-corrected chi connectivity index (χ2v) is 3.61. The van der Waals surface area contributed by atoms with Gasteiger partial charge >= 0.3 is 0 Å². The molecule has 1 aromatic heterocycles. The summed E-state index contributed by atoms with van der Waals surface area (Å²) in [6.45, 7) is 0.331. The summed E-state index contributed by atoms with van der Waals surface area (Å²) in [6.07, 6.45) is 1.58. The van der Waals surface area contributed by atoms with Crippen LogP contribution in [0.3, 0.4) is 0 Å². The highest BCUT2D eigenvalue weighted by atomic mass is 19.1. The molecule has 3 nitrogen and oxygen atoms in total.